The number of benzene rings is 1. The molecule has 3 aromatic rings. The lowest BCUT2D eigenvalue weighted by molar-refractivity contribution is 0.582. The van der Waals surface area contributed by atoms with Crippen LogP contribution in [0.4, 0.5) is 0 Å². The highest BCUT2D eigenvalue weighted by Gasteiger charge is 2.14. The number of fused-ring (bicyclic) bond motifs is 1. The van der Waals surface area contributed by atoms with E-state index in [-0.39, 0.29) is 0 Å². The fourth-order valence-electron chi connectivity index (χ4n) is 2.03. The van der Waals surface area contributed by atoms with Gasteiger partial charge in [0, 0.05) is 11.9 Å². The molecule has 0 aliphatic carbocycles. The van der Waals surface area contributed by atoms with Gasteiger partial charge in [0.1, 0.15) is 9.79 Å². The van der Waals surface area contributed by atoms with Crippen LogP contribution in [-0.2, 0) is 16.4 Å². The summed E-state index contributed by atoms with van der Waals surface area (Å²) in [5.74, 6) is 0. The molecule has 1 N–H and O–H groups in total. The van der Waals surface area contributed by atoms with Crippen LogP contribution in [0.5, 0.6) is 0 Å². The highest BCUT2D eigenvalue weighted by atomic mass is 32.2. The van der Waals surface area contributed by atoms with Crippen molar-refractivity contribution in [1.82, 2.24) is 4.72 Å². The van der Waals surface area contributed by atoms with E-state index in [0.29, 0.717) is 17.2 Å². The van der Waals surface area contributed by atoms with Crippen LogP contribution < -0.4 is 4.72 Å². The van der Waals surface area contributed by atoms with Crippen LogP contribution in [0.3, 0.4) is 0 Å². The van der Waals surface area contributed by atoms with Crippen molar-refractivity contribution in [2.75, 3.05) is 6.54 Å². The van der Waals surface area contributed by atoms with Crippen molar-refractivity contribution in [2.24, 2.45) is 0 Å². The molecule has 0 radical (unpaired) electrons. The Bertz CT molecular complexity index is 804. The molecule has 20 heavy (non-hydrogen) atoms. The van der Waals surface area contributed by atoms with Crippen molar-refractivity contribution in [3.8, 4) is 0 Å². The van der Waals surface area contributed by atoms with E-state index < -0.39 is 10.0 Å². The zero-order chi connectivity index (χ0) is 14.0. The molecule has 0 aliphatic rings. The van der Waals surface area contributed by atoms with Gasteiger partial charge in [-0.05, 0) is 29.5 Å². The Labute approximate surface area is 121 Å². The second-order valence-electron chi connectivity index (χ2n) is 4.34. The van der Waals surface area contributed by atoms with Crippen LogP contribution in [0.2, 0.25) is 0 Å². The van der Waals surface area contributed by atoms with Gasteiger partial charge in [-0.1, -0.05) is 24.3 Å². The molecular weight excluding hydrogens is 294 g/mol. The first-order valence-corrected chi connectivity index (χ1v) is 8.51. The van der Waals surface area contributed by atoms with Crippen molar-refractivity contribution in [3.63, 3.8) is 0 Å². The Kier molecular flexibility index (Phi) is 3.60. The lowest BCUT2D eigenvalue weighted by Gasteiger charge is -2.03. The standard InChI is InChI=1S/C14H13NO3S2/c16-20(17,14-6-3-9-19-14)15-8-7-11-10-18-13-5-2-1-4-12(11)13/h1-6,9-10,15H,7-8H2. The summed E-state index contributed by atoms with van der Waals surface area (Å²) >= 11 is 1.21. The van der Waals surface area contributed by atoms with Crippen LogP contribution in [0.1, 0.15) is 5.56 Å². The number of hydrogen-bond donors (Lipinski definition) is 1. The number of thiophene rings is 1. The summed E-state index contributed by atoms with van der Waals surface area (Å²) in [6.07, 6.45) is 2.28. The maximum Gasteiger partial charge on any atom is 0.250 e. The molecule has 4 nitrogen and oxygen atoms in total. The van der Waals surface area contributed by atoms with Crippen molar-refractivity contribution >= 4 is 32.3 Å². The van der Waals surface area contributed by atoms with Crippen molar-refractivity contribution in [3.05, 3.63) is 53.6 Å². The van der Waals surface area contributed by atoms with E-state index in [9.17, 15) is 8.42 Å². The predicted molar refractivity (Wildman–Crippen MR) is 79.4 cm³/mol. The molecule has 104 valence electrons. The highest BCUT2D eigenvalue weighted by molar-refractivity contribution is 7.91. The van der Waals surface area contributed by atoms with Gasteiger partial charge in [0.05, 0.1) is 6.26 Å². The Hall–Kier alpha value is -1.63. The van der Waals surface area contributed by atoms with Crippen LogP contribution in [0.15, 0.2) is 56.7 Å². The molecule has 0 saturated carbocycles. The molecule has 0 fully saturated rings. The first-order valence-electron chi connectivity index (χ1n) is 6.15. The second kappa shape index (κ2) is 5.40. The maximum atomic E-state index is 12.0. The first-order chi connectivity index (χ1) is 9.67. The monoisotopic (exact) mass is 307 g/mol. The summed E-state index contributed by atoms with van der Waals surface area (Å²) in [5.41, 5.74) is 1.83. The molecule has 0 atom stereocenters. The van der Waals surface area contributed by atoms with Gasteiger partial charge in [-0.2, -0.15) is 0 Å². The molecule has 0 saturated heterocycles. The normalized spacial score (nSPS) is 12.0. The summed E-state index contributed by atoms with van der Waals surface area (Å²) in [7, 11) is -3.39. The lowest BCUT2D eigenvalue weighted by Crippen LogP contribution is -2.25. The first kappa shape index (κ1) is 13.4. The largest absolute Gasteiger partial charge is 0.464 e. The van der Waals surface area contributed by atoms with Crippen LogP contribution in [-0.4, -0.2) is 15.0 Å². The number of furan rings is 1. The number of hydrogen-bond acceptors (Lipinski definition) is 4. The Morgan fingerprint density at radius 1 is 1.15 bits per heavy atom. The van der Waals surface area contributed by atoms with E-state index in [1.807, 2.05) is 24.3 Å². The molecule has 0 aliphatic heterocycles. The molecule has 3 rings (SSSR count). The smallest absolute Gasteiger partial charge is 0.250 e. The van der Waals surface area contributed by atoms with Crippen LogP contribution >= 0.6 is 11.3 Å². The van der Waals surface area contributed by atoms with Gasteiger partial charge in [-0.25, -0.2) is 13.1 Å². The minimum atomic E-state index is -3.39. The number of para-hydroxylation sites is 1. The summed E-state index contributed by atoms with van der Waals surface area (Å²) in [6, 6.07) is 11.0. The quantitative estimate of drug-likeness (QED) is 0.788. The second-order valence-corrected chi connectivity index (χ2v) is 7.28. The molecular formula is C14H13NO3S2. The minimum Gasteiger partial charge on any atom is -0.464 e. The van der Waals surface area contributed by atoms with E-state index in [1.165, 1.54) is 11.3 Å². The SMILES string of the molecule is O=S(=O)(NCCc1coc2ccccc12)c1cccs1. The zero-order valence-corrected chi connectivity index (χ0v) is 12.2. The Morgan fingerprint density at radius 2 is 2.00 bits per heavy atom. The fraction of sp³-hybridized carbons (Fsp3) is 0.143. The predicted octanol–water partition coefficient (Wildman–Crippen LogP) is 3.02. The minimum absolute atomic E-state index is 0.342. The van der Waals surface area contributed by atoms with E-state index in [2.05, 4.69) is 4.72 Å². The highest BCUT2D eigenvalue weighted by Crippen LogP contribution is 2.21. The maximum absolute atomic E-state index is 12.0. The van der Waals surface area contributed by atoms with Crippen molar-refractivity contribution < 1.29 is 12.8 Å². The van der Waals surface area contributed by atoms with Gasteiger partial charge in [0.15, 0.2) is 0 Å². The molecule has 0 amide bonds. The summed E-state index contributed by atoms with van der Waals surface area (Å²) < 4.78 is 32.3. The fourth-order valence-corrected chi connectivity index (χ4v) is 4.10. The van der Waals surface area contributed by atoms with E-state index in [0.717, 1.165) is 16.5 Å². The Balaban J connectivity index is 1.69. The van der Waals surface area contributed by atoms with E-state index >= 15 is 0 Å². The number of nitrogens with one attached hydrogen (secondary N) is 1. The molecule has 2 aromatic heterocycles. The molecule has 0 unspecified atom stereocenters. The Morgan fingerprint density at radius 3 is 2.80 bits per heavy atom. The summed E-state index contributed by atoms with van der Waals surface area (Å²) in [4.78, 5) is 0. The summed E-state index contributed by atoms with van der Waals surface area (Å²) in [5, 5.41) is 2.78. The van der Waals surface area contributed by atoms with Crippen LogP contribution in [0, 0.1) is 0 Å². The molecule has 0 bridgehead atoms. The molecule has 2 heterocycles. The van der Waals surface area contributed by atoms with Gasteiger partial charge >= 0.3 is 0 Å². The molecule has 0 spiro atoms. The third kappa shape index (κ3) is 2.63. The zero-order valence-electron chi connectivity index (χ0n) is 10.6. The van der Waals surface area contributed by atoms with E-state index in [1.54, 1.807) is 23.8 Å². The van der Waals surface area contributed by atoms with Gasteiger partial charge in [-0.15, -0.1) is 11.3 Å². The number of sulfonamides is 1. The molecule has 6 heteroatoms. The molecule has 1 aromatic carbocycles. The lowest BCUT2D eigenvalue weighted by atomic mass is 10.1. The van der Waals surface area contributed by atoms with Crippen molar-refractivity contribution in [2.45, 2.75) is 10.6 Å². The summed E-state index contributed by atoms with van der Waals surface area (Å²) in [6.45, 7) is 0.351. The third-order valence-electron chi connectivity index (χ3n) is 3.01. The van der Waals surface area contributed by atoms with E-state index in [4.69, 9.17) is 4.42 Å². The average Bonchev–Trinajstić information content (AvgIpc) is 3.08. The number of rotatable bonds is 5. The average molecular weight is 307 g/mol. The van der Waals surface area contributed by atoms with Gasteiger partial charge in [0.2, 0.25) is 10.0 Å². The van der Waals surface area contributed by atoms with Gasteiger partial charge in [0.25, 0.3) is 0 Å². The topological polar surface area (TPSA) is 59.3 Å². The van der Waals surface area contributed by atoms with Gasteiger partial charge in [-0.3, -0.25) is 0 Å². The third-order valence-corrected chi connectivity index (χ3v) is 5.87. The van der Waals surface area contributed by atoms with Gasteiger partial charge < -0.3 is 4.42 Å². The van der Waals surface area contributed by atoms with Crippen molar-refractivity contribution in [1.29, 1.82) is 0 Å². The van der Waals surface area contributed by atoms with Crippen LogP contribution in [0.25, 0.3) is 11.0 Å².